The molecule has 1 aliphatic carbocycles. The summed E-state index contributed by atoms with van der Waals surface area (Å²) in [4.78, 5) is 0. The zero-order valence-corrected chi connectivity index (χ0v) is 8.27. The normalized spacial score (nSPS) is 32.5. The van der Waals surface area contributed by atoms with E-state index in [9.17, 15) is 0 Å². The third kappa shape index (κ3) is 1.53. The van der Waals surface area contributed by atoms with E-state index in [1.165, 1.54) is 12.1 Å². The van der Waals surface area contributed by atoms with Gasteiger partial charge in [0.25, 0.3) is 0 Å². The van der Waals surface area contributed by atoms with Gasteiger partial charge < -0.3 is 0 Å². The van der Waals surface area contributed by atoms with Gasteiger partial charge in [-0.25, -0.2) is 0 Å². The van der Waals surface area contributed by atoms with Crippen LogP contribution in [0.25, 0.3) is 0 Å². The van der Waals surface area contributed by atoms with E-state index in [0.717, 1.165) is 6.42 Å². The van der Waals surface area contributed by atoms with Crippen molar-refractivity contribution in [2.45, 2.75) is 32.7 Å². The molecule has 70 valence electrons. The number of nitrogens with zero attached hydrogens (tertiary/aromatic N) is 2. The van der Waals surface area contributed by atoms with Gasteiger partial charge >= 0.3 is 0 Å². The minimum atomic E-state index is 0.508. The molecule has 0 fully saturated rings. The summed E-state index contributed by atoms with van der Waals surface area (Å²) < 4.78 is 0. The predicted molar refractivity (Wildman–Crippen MR) is 55.4 cm³/mol. The van der Waals surface area contributed by atoms with Crippen molar-refractivity contribution in [2.24, 2.45) is 11.0 Å². The highest BCUT2D eigenvalue weighted by atomic mass is 15.5. The lowest BCUT2D eigenvalue weighted by Gasteiger charge is -2.24. The van der Waals surface area contributed by atoms with E-state index < -0.39 is 0 Å². The van der Waals surface area contributed by atoms with Gasteiger partial charge in [0.05, 0.1) is 11.7 Å². The molecule has 0 saturated carbocycles. The Morgan fingerprint density at radius 2 is 2.23 bits per heavy atom. The molecule has 0 aromatic carbocycles. The lowest BCUT2D eigenvalue weighted by molar-refractivity contribution is 0.287. The summed E-state index contributed by atoms with van der Waals surface area (Å²) in [6.45, 7) is 4.43. The molecule has 2 atom stereocenters. The zero-order chi connectivity index (χ0) is 9.26. The maximum absolute atomic E-state index is 4.41. The first-order valence-electron chi connectivity index (χ1n) is 4.99. The predicted octanol–water partition coefficient (Wildman–Crippen LogP) is 2.55. The Morgan fingerprint density at radius 1 is 1.38 bits per heavy atom. The molecule has 1 heterocycles. The molecule has 0 spiro atoms. The Morgan fingerprint density at radius 3 is 2.77 bits per heavy atom. The second-order valence-electron chi connectivity index (χ2n) is 3.82. The van der Waals surface area contributed by atoms with Gasteiger partial charge in [-0.1, -0.05) is 19.1 Å². The minimum Gasteiger partial charge on any atom is -0.263 e. The van der Waals surface area contributed by atoms with Crippen LogP contribution in [0.4, 0.5) is 0 Å². The molecule has 0 N–H and O–H groups in total. The van der Waals surface area contributed by atoms with Crippen molar-refractivity contribution >= 4 is 6.21 Å². The van der Waals surface area contributed by atoms with E-state index in [-0.39, 0.29) is 0 Å². The largest absolute Gasteiger partial charge is 0.263 e. The second kappa shape index (κ2) is 3.36. The lowest BCUT2D eigenvalue weighted by atomic mass is 10.1. The molecule has 0 saturated heterocycles. The van der Waals surface area contributed by atoms with Crippen molar-refractivity contribution in [3.63, 3.8) is 0 Å². The van der Waals surface area contributed by atoms with Gasteiger partial charge in [0.2, 0.25) is 0 Å². The van der Waals surface area contributed by atoms with E-state index in [4.69, 9.17) is 0 Å². The fourth-order valence-corrected chi connectivity index (χ4v) is 1.70. The van der Waals surface area contributed by atoms with Gasteiger partial charge in [-0.3, -0.25) is 5.01 Å². The van der Waals surface area contributed by atoms with Crippen LogP contribution in [-0.4, -0.2) is 17.3 Å². The molecule has 2 unspecified atom stereocenters. The maximum atomic E-state index is 4.41. The van der Waals surface area contributed by atoms with Gasteiger partial charge in [-0.2, -0.15) is 5.10 Å². The quantitative estimate of drug-likeness (QED) is 0.599. The number of allylic oxidation sites excluding steroid dienone is 3. The van der Waals surface area contributed by atoms with Crippen molar-refractivity contribution < 1.29 is 0 Å². The number of rotatable bonds is 1. The summed E-state index contributed by atoms with van der Waals surface area (Å²) in [5.74, 6) is 0.566. The average molecular weight is 176 g/mol. The van der Waals surface area contributed by atoms with Crippen molar-refractivity contribution in [1.82, 2.24) is 5.01 Å². The van der Waals surface area contributed by atoms with Gasteiger partial charge in [-0.15, -0.1) is 0 Å². The summed E-state index contributed by atoms with van der Waals surface area (Å²) >= 11 is 0. The highest BCUT2D eigenvalue weighted by Crippen LogP contribution is 2.24. The molecular weight excluding hydrogens is 160 g/mol. The molecular formula is C11H16N2. The Hall–Kier alpha value is -1.05. The van der Waals surface area contributed by atoms with Crippen molar-refractivity contribution in [2.75, 3.05) is 0 Å². The second-order valence-corrected chi connectivity index (χ2v) is 3.82. The van der Waals surface area contributed by atoms with Crippen LogP contribution >= 0.6 is 0 Å². The highest BCUT2D eigenvalue weighted by Gasteiger charge is 2.24. The standard InChI is InChI=1S/C11H16N2/c1-9-8-12-13(10(9)2)11-6-4-3-5-7-11/h4,6-10H,3,5H2,1-2H3. The van der Waals surface area contributed by atoms with Crippen molar-refractivity contribution in [1.29, 1.82) is 0 Å². The summed E-state index contributed by atoms with van der Waals surface area (Å²) in [5.41, 5.74) is 1.26. The first kappa shape index (κ1) is 8.54. The Kier molecular flexibility index (Phi) is 2.21. The SMILES string of the molecule is CC1C=NN(C2=CCCC=C2)C1C. The van der Waals surface area contributed by atoms with Crippen LogP contribution in [0.2, 0.25) is 0 Å². The van der Waals surface area contributed by atoms with Crippen LogP contribution in [0.1, 0.15) is 26.7 Å². The lowest BCUT2D eigenvalue weighted by Crippen LogP contribution is -2.27. The van der Waals surface area contributed by atoms with Crippen molar-refractivity contribution in [3.05, 3.63) is 23.9 Å². The third-order valence-corrected chi connectivity index (χ3v) is 2.81. The first-order valence-corrected chi connectivity index (χ1v) is 4.99. The molecule has 1 aliphatic heterocycles. The fraction of sp³-hybridized carbons (Fsp3) is 0.545. The van der Waals surface area contributed by atoms with Gasteiger partial charge in [-0.05, 0) is 25.8 Å². The van der Waals surface area contributed by atoms with Gasteiger partial charge in [0.1, 0.15) is 0 Å². The number of hydrazone groups is 1. The van der Waals surface area contributed by atoms with Crippen LogP contribution < -0.4 is 0 Å². The fourth-order valence-electron chi connectivity index (χ4n) is 1.70. The minimum absolute atomic E-state index is 0.508. The van der Waals surface area contributed by atoms with Crippen LogP contribution in [0.15, 0.2) is 29.0 Å². The summed E-state index contributed by atoms with van der Waals surface area (Å²) in [6, 6.07) is 0.508. The smallest absolute Gasteiger partial charge is 0.0573 e. The Labute approximate surface area is 79.6 Å². The van der Waals surface area contributed by atoms with Crippen molar-refractivity contribution in [3.8, 4) is 0 Å². The van der Waals surface area contributed by atoms with E-state index in [1.807, 2.05) is 6.21 Å². The third-order valence-electron chi connectivity index (χ3n) is 2.81. The number of hydrogen-bond donors (Lipinski definition) is 0. The van der Waals surface area contributed by atoms with Crippen LogP contribution in [-0.2, 0) is 0 Å². The van der Waals surface area contributed by atoms with E-state index >= 15 is 0 Å². The highest BCUT2D eigenvalue weighted by molar-refractivity contribution is 5.63. The zero-order valence-electron chi connectivity index (χ0n) is 8.27. The van der Waals surface area contributed by atoms with Gasteiger partial charge in [0, 0.05) is 12.1 Å². The maximum Gasteiger partial charge on any atom is 0.0573 e. The van der Waals surface area contributed by atoms with Crippen LogP contribution in [0.3, 0.4) is 0 Å². The molecule has 2 aliphatic rings. The molecule has 2 rings (SSSR count). The monoisotopic (exact) mass is 176 g/mol. The average Bonchev–Trinajstić information content (AvgIpc) is 2.49. The summed E-state index contributed by atoms with van der Waals surface area (Å²) in [5, 5.41) is 6.54. The first-order chi connectivity index (χ1) is 6.29. The number of hydrogen-bond acceptors (Lipinski definition) is 2. The molecule has 0 amide bonds. The summed E-state index contributed by atoms with van der Waals surface area (Å²) in [7, 11) is 0. The van der Waals surface area contributed by atoms with Gasteiger partial charge in [0.15, 0.2) is 0 Å². The molecule has 0 radical (unpaired) electrons. The molecule has 0 bridgehead atoms. The molecule has 0 aromatic heterocycles. The Balaban J connectivity index is 2.14. The molecule has 2 nitrogen and oxygen atoms in total. The molecule has 0 aromatic rings. The van der Waals surface area contributed by atoms with Crippen LogP contribution in [0.5, 0.6) is 0 Å². The topological polar surface area (TPSA) is 15.6 Å². The molecule has 13 heavy (non-hydrogen) atoms. The molecule has 2 heteroatoms. The van der Waals surface area contributed by atoms with E-state index in [1.54, 1.807) is 0 Å². The van der Waals surface area contributed by atoms with Crippen LogP contribution in [0, 0.1) is 5.92 Å². The van der Waals surface area contributed by atoms with E-state index in [0.29, 0.717) is 12.0 Å². The van der Waals surface area contributed by atoms with E-state index in [2.05, 4.69) is 42.2 Å². The summed E-state index contributed by atoms with van der Waals surface area (Å²) in [6.07, 6.45) is 11.0. The Bertz CT molecular complexity index is 276.